The van der Waals surface area contributed by atoms with Crippen LogP contribution in [0.4, 0.5) is 5.69 Å². The van der Waals surface area contributed by atoms with Crippen LogP contribution >= 0.6 is 0 Å². The van der Waals surface area contributed by atoms with Gasteiger partial charge < -0.3 is 19.5 Å². The zero-order valence-corrected chi connectivity index (χ0v) is 11.8. The van der Waals surface area contributed by atoms with Gasteiger partial charge in [-0.25, -0.2) is 4.79 Å². The SMILES string of the molecule is C(OCC1CO1)C1CO1.O=C=C1CCc2ccccc2N1. The van der Waals surface area contributed by atoms with Gasteiger partial charge in [0.1, 0.15) is 23.8 Å². The van der Waals surface area contributed by atoms with Gasteiger partial charge in [-0.2, -0.15) is 0 Å². The number of rotatable bonds is 4. The third-order valence-electron chi connectivity index (χ3n) is 3.48. The summed E-state index contributed by atoms with van der Waals surface area (Å²) in [5.41, 5.74) is 2.98. The molecule has 3 heterocycles. The Kier molecular flexibility index (Phi) is 4.68. The van der Waals surface area contributed by atoms with E-state index < -0.39 is 0 Å². The van der Waals surface area contributed by atoms with Crippen molar-refractivity contribution < 1.29 is 19.0 Å². The molecule has 3 aliphatic rings. The van der Waals surface area contributed by atoms with Crippen molar-refractivity contribution in [3.8, 4) is 0 Å². The molecule has 1 aromatic rings. The van der Waals surface area contributed by atoms with Gasteiger partial charge in [0.2, 0.25) is 0 Å². The van der Waals surface area contributed by atoms with Crippen molar-refractivity contribution in [2.75, 3.05) is 31.7 Å². The van der Waals surface area contributed by atoms with E-state index in [4.69, 9.17) is 14.2 Å². The molecule has 112 valence electrons. The van der Waals surface area contributed by atoms with Crippen LogP contribution in [0.15, 0.2) is 30.0 Å². The summed E-state index contributed by atoms with van der Waals surface area (Å²) in [6.07, 6.45) is 2.50. The Morgan fingerprint density at radius 1 is 1.14 bits per heavy atom. The summed E-state index contributed by atoms with van der Waals surface area (Å²) in [5, 5.41) is 3.04. The minimum absolute atomic E-state index is 0.392. The van der Waals surface area contributed by atoms with Gasteiger partial charge in [0.05, 0.1) is 26.4 Å². The number of carbonyl (C=O) groups excluding carboxylic acids is 1. The van der Waals surface area contributed by atoms with Crippen molar-refractivity contribution in [3.05, 3.63) is 35.5 Å². The molecule has 2 saturated heterocycles. The van der Waals surface area contributed by atoms with Gasteiger partial charge in [0.15, 0.2) is 0 Å². The molecule has 2 atom stereocenters. The third-order valence-corrected chi connectivity index (χ3v) is 3.48. The van der Waals surface area contributed by atoms with Crippen molar-refractivity contribution >= 4 is 11.6 Å². The van der Waals surface area contributed by atoms with Crippen LogP contribution in [0.25, 0.3) is 0 Å². The van der Waals surface area contributed by atoms with Gasteiger partial charge in [0, 0.05) is 12.1 Å². The van der Waals surface area contributed by atoms with Crippen molar-refractivity contribution in [2.24, 2.45) is 0 Å². The largest absolute Gasteiger partial charge is 0.376 e. The number of allylic oxidation sites excluding steroid dienone is 1. The molecule has 1 N–H and O–H groups in total. The van der Waals surface area contributed by atoms with Gasteiger partial charge in [0.25, 0.3) is 0 Å². The van der Waals surface area contributed by atoms with Gasteiger partial charge in [-0.05, 0) is 18.1 Å². The lowest BCUT2D eigenvalue weighted by Crippen LogP contribution is -2.09. The number of fused-ring (bicyclic) bond motifs is 1. The Morgan fingerprint density at radius 2 is 1.81 bits per heavy atom. The van der Waals surface area contributed by atoms with E-state index in [-0.39, 0.29) is 0 Å². The fraction of sp³-hybridized carbons (Fsp3) is 0.500. The number of anilines is 1. The molecule has 0 aromatic heterocycles. The van der Waals surface area contributed by atoms with Crippen LogP contribution in [-0.2, 0) is 25.4 Å². The number of hydrogen-bond acceptors (Lipinski definition) is 5. The first-order chi connectivity index (χ1) is 10.3. The summed E-state index contributed by atoms with van der Waals surface area (Å²) >= 11 is 0. The van der Waals surface area contributed by atoms with E-state index in [9.17, 15) is 4.79 Å². The number of benzene rings is 1. The summed E-state index contributed by atoms with van der Waals surface area (Å²) < 4.78 is 15.1. The molecule has 0 saturated carbocycles. The smallest absolute Gasteiger partial charge is 0.145 e. The Morgan fingerprint density at radius 3 is 2.43 bits per heavy atom. The highest BCUT2D eigenvalue weighted by Gasteiger charge is 2.26. The summed E-state index contributed by atoms with van der Waals surface area (Å²) in [5.74, 6) is 1.90. The maximum absolute atomic E-state index is 10.3. The number of nitrogens with one attached hydrogen (secondary N) is 1. The molecule has 3 aliphatic heterocycles. The zero-order valence-electron chi connectivity index (χ0n) is 11.8. The van der Waals surface area contributed by atoms with E-state index in [1.165, 1.54) is 5.56 Å². The fourth-order valence-corrected chi connectivity index (χ4v) is 2.08. The van der Waals surface area contributed by atoms with E-state index in [1.54, 1.807) is 0 Å². The Bertz CT molecular complexity index is 519. The van der Waals surface area contributed by atoms with Gasteiger partial charge in [-0.3, -0.25) is 0 Å². The standard InChI is InChI=1S/C10H9NO.C6H10O3/c12-7-9-6-5-8-3-1-2-4-10(8)11-9;1(5-3-8-5)7-2-6-4-9-6/h1-4,11H,5-6H2;5-6H,1-4H2. The van der Waals surface area contributed by atoms with E-state index in [2.05, 4.69) is 11.4 Å². The lowest BCUT2D eigenvalue weighted by molar-refractivity contribution is 0.102. The number of aryl methyl sites for hydroxylation is 1. The maximum atomic E-state index is 10.3. The molecule has 5 nitrogen and oxygen atoms in total. The van der Waals surface area contributed by atoms with E-state index in [0.29, 0.717) is 17.9 Å². The van der Waals surface area contributed by atoms with Gasteiger partial charge in [-0.15, -0.1) is 0 Å². The van der Waals surface area contributed by atoms with Crippen LogP contribution < -0.4 is 5.32 Å². The summed E-state index contributed by atoms with van der Waals surface area (Å²) in [6.45, 7) is 3.26. The predicted octanol–water partition coefficient (Wildman–Crippen LogP) is 1.56. The van der Waals surface area contributed by atoms with Crippen LogP contribution in [0.2, 0.25) is 0 Å². The first-order valence-corrected chi connectivity index (χ1v) is 7.25. The van der Waals surface area contributed by atoms with Crippen molar-refractivity contribution in [1.82, 2.24) is 0 Å². The Balaban J connectivity index is 0.000000131. The highest BCUT2D eigenvalue weighted by molar-refractivity contribution is 5.66. The third kappa shape index (κ3) is 4.69. The van der Waals surface area contributed by atoms with Gasteiger partial charge in [-0.1, -0.05) is 18.2 Å². The average Bonchev–Trinajstić information content (AvgIpc) is 3.42. The minimum Gasteiger partial charge on any atom is -0.376 e. The molecule has 0 amide bonds. The second-order valence-electron chi connectivity index (χ2n) is 5.31. The topological polar surface area (TPSA) is 63.4 Å². The van der Waals surface area contributed by atoms with E-state index >= 15 is 0 Å². The predicted molar refractivity (Wildman–Crippen MR) is 77.9 cm³/mol. The van der Waals surface area contributed by atoms with Crippen LogP contribution in [0.1, 0.15) is 12.0 Å². The van der Waals surface area contributed by atoms with Crippen molar-refractivity contribution in [1.29, 1.82) is 0 Å². The number of ether oxygens (including phenoxy) is 3. The van der Waals surface area contributed by atoms with Gasteiger partial charge >= 0.3 is 0 Å². The molecule has 21 heavy (non-hydrogen) atoms. The fourth-order valence-electron chi connectivity index (χ4n) is 2.08. The molecule has 0 aliphatic carbocycles. The molecule has 0 radical (unpaired) electrons. The molecular weight excluding hydrogens is 270 g/mol. The lowest BCUT2D eigenvalue weighted by Gasteiger charge is -2.17. The monoisotopic (exact) mass is 289 g/mol. The molecule has 1 aromatic carbocycles. The highest BCUT2D eigenvalue weighted by Crippen LogP contribution is 2.24. The second kappa shape index (κ2) is 6.87. The summed E-state index contributed by atoms with van der Waals surface area (Å²) in [7, 11) is 0. The molecule has 2 unspecified atom stereocenters. The molecule has 0 spiro atoms. The minimum atomic E-state index is 0.392. The number of para-hydroxylation sites is 1. The molecular formula is C16H19NO4. The molecule has 2 fully saturated rings. The second-order valence-corrected chi connectivity index (χ2v) is 5.31. The number of hydrogen-bond donors (Lipinski definition) is 1. The highest BCUT2D eigenvalue weighted by atomic mass is 16.6. The quantitative estimate of drug-likeness (QED) is 0.673. The normalized spacial score (nSPS) is 24.9. The Labute approximate surface area is 123 Å². The molecule has 5 heteroatoms. The summed E-state index contributed by atoms with van der Waals surface area (Å²) in [4.78, 5) is 10.3. The van der Waals surface area contributed by atoms with Crippen LogP contribution in [0.3, 0.4) is 0 Å². The van der Waals surface area contributed by atoms with Crippen LogP contribution in [-0.4, -0.2) is 44.6 Å². The number of epoxide rings is 2. The molecule has 0 bridgehead atoms. The van der Waals surface area contributed by atoms with Crippen molar-refractivity contribution in [3.63, 3.8) is 0 Å². The average molecular weight is 289 g/mol. The van der Waals surface area contributed by atoms with Crippen molar-refractivity contribution in [2.45, 2.75) is 25.0 Å². The van der Waals surface area contributed by atoms with E-state index in [0.717, 1.165) is 45.0 Å². The van der Waals surface area contributed by atoms with E-state index in [1.807, 2.05) is 24.1 Å². The lowest BCUT2D eigenvalue weighted by atomic mass is 10.0. The maximum Gasteiger partial charge on any atom is 0.145 e. The van der Waals surface area contributed by atoms with Crippen LogP contribution in [0.5, 0.6) is 0 Å². The molecule has 4 rings (SSSR count). The Hall–Kier alpha value is -1.65. The summed E-state index contributed by atoms with van der Waals surface area (Å²) in [6, 6.07) is 8.02. The van der Waals surface area contributed by atoms with Crippen LogP contribution in [0, 0.1) is 0 Å². The first-order valence-electron chi connectivity index (χ1n) is 7.25. The zero-order chi connectivity index (χ0) is 14.5. The first kappa shape index (κ1) is 14.3.